The van der Waals surface area contributed by atoms with Crippen molar-refractivity contribution in [3.63, 3.8) is 0 Å². The summed E-state index contributed by atoms with van der Waals surface area (Å²) in [6, 6.07) is 8.17. The first-order chi connectivity index (χ1) is 11.6. The summed E-state index contributed by atoms with van der Waals surface area (Å²) in [5.74, 6) is -2.25. The minimum Gasteiger partial charge on any atom is -0.368 e. The molecule has 2 fully saturated rings. The molecule has 3 heterocycles. The average molecular weight is 331 g/mol. The third-order valence-electron chi connectivity index (χ3n) is 4.44. The zero-order chi connectivity index (χ0) is 16.6. The zero-order valence-electron chi connectivity index (χ0n) is 13.3. The van der Waals surface area contributed by atoms with Crippen LogP contribution in [0.2, 0.25) is 0 Å². The monoisotopic (exact) mass is 331 g/mol. The zero-order valence-corrected chi connectivity index (χ0v) is 13.3. The van der Waals surface area contributed by atoms with Gasteiger partial charge in [-0.2, -0.15) is 0 Å². The predicted octanol–water partition coefficient (Wildman–Crippen LogP) is 2.01. The van der Waals surface area contributed by atoms with Gasteiger partial charge in [0.05, 0.1) is 13.1 Å². The maximum atomic E-state index is 13.0. The van der Waals surface area contributed by atoms with Crippen molar-refractivity contribution in [1.82, 2.24) is 15.3 Å². The van der Waals surface area contributed by atoms with E-state index in [0.717, 1.165) is 43.0 Å². The fourth-order valence-corrected chi connectivity index (χ4v) is 3.18. The Morgan fingerprint density at radius 3 is 2.29 bits per heavy atom. The summed E-state index contributed by atoms with van der Waals surface area (Å²) in [6.45, 7) is 3.24. The molecule has 1 N–H and O–H groups in total. The Kier molecular flexibility index (Phi) is 3.80. The number of alkyl halides is 2. The molecule has 2 saturated heterocycles. The summed E-state index contributed by atoms with van der Waals surface area (Å²) < 4.78 is 25.9. The van der Waals surface area contributed by atoms with Gasteiger partial charge in [-0.25, -0.2) is 18.7 Å². The molecule has 2 aliphatic rings. The van der Waals surface area contributed by atoms with Gasteiger partial charge in [-0.15, -0.1) is 0 Å². The molecular formula is C17H19F2N5. The number of para-hydroxylation sites is 1. The number of hydrogen-bond donors (Lipinski definition) is 1. The number of rotatable bonds is 3. The van der Waals surface area contributed by atoms with E-state index in [-0.39, 0.29) is 13.1 Å². The van der Waals surface area contributed by atoms with Crippen LogP contribution in [0.3, 0.4) is 0 Å². The van der Waals surface area contributed by atoms with E-state index >= 15 is 0 Å². The van der Waals surface area contributed by atoms with Crippen molar-refractivity contribution in [2.24, 2.45) is 0 Å². The Bertz CT molecular complexity index is 705. The molecule has 0 radical (unpaired) electrons. The Morgan fingerprint density at radius 2 is 1.62 bits per heavy atom. The fraction of sp³-hybridized carbons (Fsp3) is 0.412. The number of anilines is 2. The Morgan fingerprint density at radius 1 is 0.958 bits per heavy atom. The van der Waals surface area contributed by atoms with Gasteiger partial charge in [-0.05, 0) is 6.07 Å². The van der Waals surface area contributed by atoms with Gasteiger partial charge in [0.25, 0.3) is 5.92 Å². The maximum absolute atomic E-state index is 13.0. The molecule has 1 aromatic heterocycles. The smallest absolute Gasteiger partial charge is 0.282 e. The lowest BCUT2D eigenvalue weighted by Gasteiger charge is -2.38. The van der Waals surface area contributed by atoms with Gasteiger partial charge < -0.3 is 15.1 Å². The third kappa shape index (κ3) is 2.91. The maximum Gasteiger partial charge on any atom is 0.282 e. The van der Waals surface area contributed by atoms with E-state index in [1.807, 2.05) is 18.2 Å². The molecule has 0 unspecified atom stereocenters. The Balaban J connectivity index is 1.58. The van der Waals surface area contributed by atoms with Crippen LogP contribution >= 0.6 is 0 Å². The van der Waals surface area contributed by atoms with Crippen LogP contribution in [0.4, 0.5) is 20.4 Å². The van der Waals surface area contributed by atoms with Gasteiger partial charge >= 0.3 is 0 Å². The van der Waals surface area contributed by atoms with Crippen molar-refractivity contribution < 1.29 is 8.78 Å². The summed E-state index contributed by atoms with van der Waals surface area (Å²) in [5.41, 5.74) is 3.13. The van der Waals surface area contributed by atoms with E-state index in [9.17, 15) is 8.78 Å². The van der Waals surface area contributed by atoms with Crippen LogP contribution < -0.4 is 15.1 Å². The molecule has 4 rings (SSSR count). The second-order valence-electron chi connectivity index (χ2n) is 6.24. The number of benzene rings is 1. The van der Waals surface area contributed by atoms with Gasteiger partial charge in [0.2, 0.25) is 5.95 Å². The van der Waals surface area contributed by atoms with E-state index in [1.165, 1.54) is 4.90 Å². The highest BCUT2D eigenvalue weighted by Crippen LogP contribution is 2.32. The Hall–Kier alpha value is -2.28. The van der Waals surface area contributed by atoms with E-state index in [0.29, 0.717) is 5.95 Å². The fourth-order valence-electron chi connectivity index (χ4n) is 3.18. The molecule has 0 spiro atoms. The number of nitrogens with one attached hydrogen (secondary N) is 1. The third-order valence-corrected chi connectivity index (χ3v) is 4.44. The SMILES string of the molecule is FC1(F)CN(c2ncc(-c3ccccc3N3CCNCC3)cn2)C1. The van der Waals surface area contributed by atoms with Crippen molar-refractivity contribution in [3.8, 4) is 11.1 Å². The molecule has 2 aromatic rings. The molecule has 5 nitrogen and oxygen atoms in total. The summed E-state index contributed by atoms with van der Waals surface area (Å²) in [4.78, 5) is 12.4. The summed E-state index contributed by atoms with van der Waals surface area (Å²) >= 11 is 0. The number of halogens is 2. The van der Waals surface area contributed by atoms with Crippen molar-refractivity contribution >= 4 is 11.6 Å². The van der Waals surface area contributed by atoms with Crippen LogP contribution in [0.1, 0.15) is 0 Å². The van der Waals surface area contributed by atoms with Crippen LogP contribution in [0.25, 0.3) is 11.1 Å². The van der Waals surface area contributed by atoms with Gasteiger partial charge in [0, 0.05) is 55.4 Å². The number of hydrogen-bond acceptors (Lipinski definition) is 5. The minimum atomic E-state index is -2.61. The van der Waals surface area contributed by atoms with E-state index in [4.69, 9.17) is 0 Å². The molecule has 0 aliphatic carbocycles. The quantitative estimate of drug-likeness (QED) is 0.932. The topological polar surface area (TPSA) is 44.3 Å². The molecule has 0 saturated carbocycles. The molecule has 2 aliphatic heterocycles. The molecule has 126 valence electrons. The molecule has 24 heavy (non-hydrogen) atoms. The summed E-state index contributed by atoms with van der Waals surface area (Å²) in [7, 11) is 0. The van der Waals surface area contributed by atoms with E-state index in [1.54, 1.807) is 12.4 Å². The van der Waals surface area contributed by atoms with Crippen LogP contribution in [-0.2, 0) is 0 Å². The van der Waals surface area contributed by atoms with Gasteiger partial charge in [-0.3, -0.25) is 0 Å². The van der Waals surface area contributed by atoms with Crippen molar-refractivity contribution in [1.29, 1.82) is 0 Å². The molecule has 0 bridgehead atoms. The molecular weight excluding hydrogens is 312 g/mol. The molecule has 1 aromatic carbocycles. The average Bonchev–Trinajstić information content (AvgIpc) is 2.61. The lowest BCUT2D eigenvalue weighted by Crippen LogP contribution is -2.57. The van der Waals surface area contributed by atoms with E-state index in [2.05, 4.69) is 26.3 Å². The minimum absolute atomic E-state index is 0.302. The first kappa shape index (κ1) is 15.3. The predicted molar refractivity (Wildman–Crippen MR) is 89.7 cm³/mol. The van der Waals surface area contributed by atoms with Crippen molar-refractivity contribution in [2.75, 3.05) is 49.1 Å². The molecule has 7 heteroatoms. The highest BCUT2D eigenvalue weighted by atomic mass is 19.3. The summed E-state index contributed by atoms with van der Waals surface area (Å²) in [5, 5.41) is 3.35. The molecule has 0 amide bonds. The largest absolute Gasteiger partial charge is 0.368 e. The van der Waals surface area contributed by atoms with Crippen LogP contribution in [0.15, 0.2) is 36.7 Å². The highest BCUT2D eigenvalue weighted by molar-refractivity contribution is 5.78. The first-order valence-corrected chi connectivity index (χ1v) is 8.12. The molecule has 0 atom stereocenters. The number of piperazine rings is 1. The second-order valence-corrected chi connectivity index (χ2v) is 6.24. The number of aromatic nitrogens is 2. The van der Waals surface area contributed by atoms with Crippen LogP contribution in [0.5, 0.6) is 0 Å². The van der Waals surface area contributed by atoms with Crippen LogP contribution in [0, 0.1) is 0 Å². The van der Waals surface area contributed by atoms with Crippen molar-refractivity contribution in [2.45, 2.75) is 5.92 Å². The van der Waals surface area contributed by atoms with E-state index < -0.39 is 5.92 Å². The standard InChI is InChI=1S/C17H19F2N5/c18-17(19)11-24(12-17)16-21-9-13(10-22-16)14-3-1-2-4-15(14)23-7-5-20-6-8-23/h1-4,9-10,20H,5-8,11-12H2. The summed E-state index contributed by atoms with van der Waals surface area (Å²) in [6.07, 6.45) is 3.44. The van der Waals surface area contributed by atoms with Gasteiger partial charge in [0.15, 0.2) is 0 Å². The van der Waals surface area contributed by atoms with Gasteiger partial charge in [-0.1, -0.05) is 18.2 Å². The lowest BCUT2D eigenvalue weighted by molar-refractivity contribution is -0.0271. The van der Waals surface area contributed by atoms with Crippen LogP contribution in [-0.4, -0.2) is 55.2 Å². The van der Waals surface area contributed by atoms with Gasteiger partial charge in [0.1, 0.15) is 0 Å². The second kappa shape index (κ2) is 5.98. The Labute approximate surface area is 139 Å². The lowest BCUT2D eigenvalue weighted by atomic mass is 10.1. The number of nitrogens with zero attached hydrogens (tertiary/aromatic N) is 4. The highest BCUT2D eigenvalue weighted by Gasteiger charge is 2.45. The van der Waals surface area contributed by atoms with Crippen molar-refractivity contribution in [3.05, 3.63) is 36.7 Å². The first-order valence-electron chi connectivity index (χ1n) is 8.12. The normalized spacial score (nSPS) is 19.9.